The number of halogens is 1. The Kier molecular flexibility index (Phi) is 3.89. The number of carbonyl (C=O) groups is 3. The van der Waals surface area contributed by atoms with Crippen LogP contribution < -0.4 is 5.32 Å². The van der Waals surface area contributed by atoms with Gasteiger partial charge in [-0.2, -0.15) is 0 Å². The number of benzene rings is 1. The summed E-state index contributed by atoms with van der Waals surface area (Å²) in [6.45, 7) is -0.696. The topological polar surface area (TPSA) is 101 Å². The van der Waals surface area contributed by atoms with Crippen LogP contribution in [0.5, 0.6) is 0 Å². The van der Waals surface area contributed by atoms with E-state index in [2.05, 4.69) is 0 Å². The van der Waals surface area contributed by atoms with Crippen LogP contribution in [-0.2, 0) is 19.1 Å². The molecule has 4 atom stereocenters. The third-order valence-electron chi connectivity index (χ3n) is 5.08. The van der Waals surface area contributed by atoms with Gasteiger partial charge >= 0.3 is 5.97 Å². The van der Waals surface area contributed by atoms with E-state index in [0.717, 1.165) is 12.0 Å². The van der Waals surface area contributed by atoms with E-state index in [9.17, 15) is 23.9 Å². The zero-order valence-corrected chi connectivity index (χ0v) is 13.2. The maximum Gasteiger partial charge on any atom is 0.371 e. The molecule has 0 saturated carbocycles. The summed E-state index contributed by atoms with van der Waals surface area (Å²) in [6.07, 6.45) is 0. The molecule has 0 unspecified atom stereocenters. The van der Waals surface area contributed by atoms with Crippen molar-refractivity contribution in [3.8, 4) is 0 Å². The Labute approximate surface area is 137 Å². The Bertz CT molecular complexity index is 724. The smallest absolute Gasteiger partial charge is 0.371 e. The summed E-state index contributed by atoms with van der Waals surface area (Å²) in [5.41, 5.74) is -1.45. The lowest BCUT2D eigenvalue weighted by molar-refractivity contribution is -0.735. The first-order valence-corrected chi connectivity index (χ1v) is 7.50. The van der Waals surface area contributed by atoms with Gasteiger partial charge < -0.3 is 15.2 Å². The molecule has 2 aliphatic heterocycles. The molecule has 2 fully saturated rings. The summed E-state index contributed by atoms with van der Waals surface area (Å²) in [6, 6.07) is 5.08. The summed E-state index contributed by atoms with van der Waals surface area (Å²) in [5.74, 6) is -4.45. The van der Waals surface area contributed by atoms with E-state index in [1.54, 1.807) is 6.07 Å². The van der Waals surface area contributed by atoms with Gasteiger partial charge in [0.2, 0.25) is 17.4 Å². The second kappa shape index (κ2) is 5.64. The number of carbonyl (C=O) groups excluding carboxylic acids is 3. The lowest BCUT2D eigenvalue weighted by Crippen LogP contribution is -2.99. The summed E-state index contributed by atoms with van der Waals surface area (Å²) in [7, 11) is 2.46. The molecular formula is C16H18FN2O5+. The Hall–Kier alpha value is -2.32. The minimum atomic E-state index is -1.66. The van der Waals surface area contributed by atoms with Crippen LogP contribution in [0.15, 0.2) is 24.3 Å². The number of amides is 2. The number of fused-ring (bicyclic) bond motifs is 1. The van der Waals surface area contributed by atoms with Gasteiger partial charge in [0.1, 0.15) is 30.3 Å². The van der Waals surface area contributed by atoms with Gasteiger partial charge in [-0.25, -0.2) is 9.18 Å². The maximum atomic E-state index is 14.3. The number of hydrogen-bond donors (Lipinski definition) is 2. The zero-order chi connectivity index (χ0) is 17.6. The normalized spacial score (nSPS) is 32.2. The number of nitrogens with zero attached hydrogens (tertiary/aromatic N) is 1. The second-order valence-electron chi connectivity index (χ2n) is 6.14. The molecule has 2 aliphatic rings. The molecular weight excluding hydrogens is 319 g/mol. The largest absolute Gasteiger partial charge is 0.464 e. The van der Waals surface area contributed by atoms with Crippen LogP contribution in [0.2, 0.25) is 0 Å². The van der Waals surface area contributed by atoms with Crippen molar-refractivity contribution in [3.63, 3.8) is 0 Å². The number of hydrogen-bond acceptors (Lipinski definition) is 5. The van der Waals surface area contributed by atoms with Crippen LogP contribution in [0.1, 0.15) is 11.6 Å². The minimum absolute atomic E-state index is 0.211. The van der Waals surface area contributed by atoms with E-state index in [4.69, 9.17) is 4.74 Å². The van der Waals surface area contributed by atoms with Gasteiger partial charge in [0.25, 0.3) is 0 Å². The van der Waals surface area contributed by atoms with Crippen molar-refractivity contribution in [3.05, 3.63) is 35.6 Å². The van der Waals surface area contributed by atoms with Crippen molar-refractivity contribution in [1.29, 1.82) is 0 Å². The standard InChI is InChI=1S/C16H17FN2O5/c1-19-13(21)10-11(14(19)22)16(7-20,15(23)24-2)18-12(10)8-5-3-4-6-9(8)17/h3-6,10-12,18,20H,7H2,1-2H3/p+1/t10-,11-,12+,16+/m0/s1. The number of aliphatic hydroxyl groups excluding tert-OH is 1. The van der Waals surface area contributed by atoms with Crippen molar-refractivity contribution in [2.45, 2.75) is 11.6 Å². The van der Waals surface area contributed by atoms with Gasteiger partial charge in [-0.05, 0) is 6.07 Å². The van der Waals surface area contributed by atoms with Gasteiger partial charge in [0, 0.05) is 12.6 Å². The third kappa shape index (κ3) is 1.99. The molecule has 0 radical (unpaired) electrons. The lowest BCUT2D eigenvalue weighted by Gasteiger charge is -2.26. The molecule has 0 aromatic heterocycles. The molecule has 2 saturated heterocycles. The summed E-state index contributed by atoms with van der Waals surface area (Å²) in [5, 5.41) is 11.3. The first-order chi connectivity index (χ1) is 11.4. The van der Waals surface area contributed by atoms with Crippen molar-refractivity contribution >= 4 is 17.8 Å². The van der Waals surface area contributed by atoms with Gasteiger partial charge in [-0.3, -0.25) is 14.5 Å². The van der Waals surface area contributed by atoms with Crippen molar-refractivity contribution in [2.24, 2.45) is 11.8 Å². The molecule has 0 bridgehead atoms. The Morgan fingerprint density at radius 2 is 2.04 bits per heavy atom. The highest BCUT2D eigenvalue weighted by Crippen LogP contribution is 2.44. The Morgan fingerprint density at radius 3 is 2.62 bits per heavy atom. The van der Waals surface area contributed by atoms with E-state index in [-0.39, 0.29) is 5.56 Å². The maximum absolute atomic E-state index is 14.3. The van der Waals surface area contributed by atoms with E-state index in [0.29, 0.717) is 0 Å². The molecule has 8 heteroatoms. The molecule has 2 amide bonds. The van der Waals surface area contributed by atoms with Gasteiger partial charge in [0.15, 0.2) is 0 Å². The molecule has 1 aromatic rings. The van der Waals surface area contributed by atoms with Crippen molar-refractivity contribution in [1.82, 2.24) is 4.90 Å². The fourth-order valence-electron chi connectivity index (χ4n) is 3.90. The van der Waals surface area contributed by atoms with Crippen LogP contribution >= 0.6 is 0 Å². The van der Waals surface area contributed by atoms with Gasteiger partial charge in [-0.1, -0.05) is 18.2 Å². The minimum Gasteiger partial charge on any atom is -0.464 e. The number of aliphatic hydroxyl groups is 1. The first kappa shape index (κ1) is 16.5. The summed E-state index contributed by atoms with van der Waals surface area (Å²) in [4.78, 5) is 38.3. The highest BCUT2D eigenvalue weighted by Gasteiger charge is 2.72. The predicted octanol–water partition coefficient (Wildman–Crippen LogP) is -1.42. The molecule has 128 valence electrons. The van der Waals surface area contributed by atoms with Crippen LogP contribution in [0.4, 0.5) is 4.39 Å². The number of quaternary nitrogens is 1. The molecule has 0 aliphatic carbocycles. The van der Waals surface area contributed by atoms with Gasteiger partial charge in [0.05, 0.1) is 7.11 Å². The Balaban J connectivity index is 2.17. The fourth-order valence-corrected chi connectivity index (χ4v) is 3.90. The Morgan fingerprint density at radius 1 is 1.38 bits per heavy atom. The molecule has 0 spiro atoms. The highest BCUT2D eigenvalue weighted by atomic mass is 19.1. The highest BCUT2D eigenvalue weighted by molar-refractivity contribution is 6.08. The van der Waals surface area contributed by atoms with E-state index >= 15 is 0 Å². The van der Waals surface area contributed by atoms with Crippen LogP contribution in [-0.4, -0.2) is 54.1 Å². The predicted molar refractivity (Wildman–Crippen MR) is 77.7 cm³/mol. The second-order valence-corrected chi connectivity index (χ2v) is 6.14. The quantitative estimate of drug-likeness (QED) is 0.521. The monoisotopic (exact) mass is 337 g/mol. The molecule has 24 heavy (non-hydrogen) atoms. The average Bonchev–Trinajstić information content (AvgIpc) is 3.05. The third-order valence-corrected chi connectivity index (χ3v) is 5.08. The molecule has 2 heterocycles. The molecule has 3 N–H and O–H groups in total. The summed E-state index contributed by atoms with van der Waals surface area (Å²) < 4.78 is 19.0. The first-order valence-electron chi connectivity index (χ1n) is 7.50. The number of esters is 1. The van der Waals surface area contributed by atoms with Crippen LogP contribution in [0, 0.1) is 17.7 Å². The SMILES string of the molecule is COC(=O)[C@]1(CO)[NH2+][C@H](c2ccccc2F)[C@H]2C(=O)N(C)C(=O)[C@H]21. The van der Waals surface area contributed by atoms with Crippen LogP contribution in [0.25, 0.3) is 0 Å². The molecule has 3 rings (SSSR count). The van der Waals surface area contributed by atoms with E-state index < -0.39 is 53.6 Å². The fraction of sp³-hybridized carbons (Fsp3) is 0.438. The number of imide groups is 1. The zero-order valence-electron chi connectivity index (χ0n) is 13.2. The van der Waals surface area contributed by atoms with Crippen molar-refractivity contribution in [2.75, 3.05) is 20.8 Å². The van der Waals surface area contributed by atoms with Crippen LogP contribution in [0.3, 0.4) is 0 Å². The average molecular weight is 337 g/mol. The van der Waals surface area contributed by atoms with E-state index in [1.165, 1.54) is 30.6 Å². The molecule has 7 nitrogen and oxygen atoms in total. The lowest BCUT2D eigenvalue weighted by atomic mass is 9.79. The number of nitrogens with two attached hydrogens (primary N) is 1. The number of rotatable bonds is 3. The number of ether oxygens (including phenoxy) is 1. The van der Waals surface area contributed by atoms with Gasteiger partial charge in [-0.15, -0.1) is 0 Å². The number of methoxy groups -OCH3 is 1. The van der Waals surface area contributed by atoms with E-state index in [1.807, 2.05) is 0 Å². The summed E-state index contributed by atoms with van der Waals surface area (Å²) >= 11 is 0. The number of likely N-dealkylation sites (tertiary alicyclic amines) is 1. The van der Waals surface area contributed by atoms with Crippen molar-refractivity contribution < 1.29 is 33.9 Å². The molecule has 1 aromatic carbocycles.